The molecule has 0 saturated carbocycles. The molecule has 66 valence electrons. The van der Waals surface area contributed by atoms with Crippen LogP contribution in [-0.2, 0) is 6.42 Å². The lowest BCUT2D eigenvalue weighted by Crippen LogP contribution is -2.01. The molecule has 2 heterocycles. The van der Waals surface area contributed by atoms with Gasteiger partial charge in [-0.1, -0.05) is 0 Å². The van der Waals surface area contributed by atoms with Crippen molar-refractivity contribution in [3.63, 3.8) is 0 Å². The Balaban J connectivity index is 1.94. The predicted octanol–water partition coefficient (Wildman–Crippen LogP) is 1.09. The molecule has 1 aliphatic heterocycles. The number of aromatic nitrogens is 2. The summed E-state index contributed by atoms with van der Waals surface area (Å²) in [6.45, 7) is 0. The van der Waals surface area contributed by atoms with Crippen LogP contribution in [0.4, 0.5) is 5.95 Å². The molecule has 1 unspecified atom stereocenters. The number of rotatable bonds is 2. The lowest BCUT2D eigenvalue weighted by atomic mass is 10.2. The van der Waals surface area contributed by atoms with E-state index >= 15 is 0 Å². The maximum absolute atomic E-state index is 5.33. The summed E-state index contributed by atoms with van der Waals surface area (Å²) >= 11 is 1.98. The molecule has 0 radical (unpaired) electrons. The van der Waals surface area contributed by atoms with Crippen molar-refractivity contribution >= 4 is 17.7 Å². The molecule has 0 aromatic carbocycles. The average Bonchev–Trinajstić information content (AvgIpc) is 2.63. The zero-order valence-electron chi connectivity index (χ0n) is 6.69. The van der Waals surface area contributed by atoms with Gasteiger partial charge in [-0.25, -0.2) is 0 Å². The molecule has 4 nitrogen and oxygen atoms in total. The normalized spacial score (nSPS) is 23.2. The van der Waals surface area contributed by atoms with E-state index in [4.69, 9.17) is 10.3 Å². The Bertz CT molecular complexity index is 257. The lowest BCUT2D eigenvalue weighted by Gasteiger charge is -2.01. The highest BCUT2D eigenvalue weighted by Gasteiger charge is 2.18. The van der Waals surface area contributed by atoms with Crippen LogP contribution in [0.3, 0.4) is 0 Å². The van der Waals surface area contributed by atoms with Gasteiger partial charge in [0.05, 0.1) is 0 Å². The van der Waals surface area contributed by atoms with Crippen molar-refractivity contribution in [3.05, 3.63) is 5.89 Å². The topological polar surface area (TPSA) is 64.9 Å². The Labute approximate surface area is 74.9 Å². The van der Waals surface area contributed by atoms with Crippen LogP contribution in [0.15, 0.2) is 4.52 Å². The van der Waals surface area contributed by atoms with Gasteiger partial charge < -0.3 is 10.3 Å². The van der Waals surface area contributed by atoms with Crippen LogP contribution in [0.1, 0.15) is 18.7 Å². The van der Waals surface area contributed by atoms with Crippen LogP contribution in [0.25, 0.3) is 0 Å². The average molecular weight is 185 g/mol. The van der Waals surface area contributed by atoms with Crippen LogP contribution < -0.4 is 5.73 Å². The van der Waals surface area contributed by atoms with E-state index < -0.39 is 0 Å². The molecule has 0 aliphatic carbocycles. The molecule has 12 heavy (non-hydrogen) atoms. The van der Waals surface area contributed by atoms with E-state index in [1.165, 1.54) is 18.6 Å². The summed E-state index contributed by atoms with van der Waals surface area (Å²) in [6.07, 6.45) is 3.43. The largest absolute Gasteiger partial charge is 0.365 e. The molecule has 1 aromatic rings. The summed E-state index contributed by atoms with van der Waals surface area (Å²) in [4.78, 5) is 3.96. The van der Waals surface area contributed by atoms with Gasteiger partial charge in [0, 0.05) is 11.7 Å². The summed E-state index contributed by atoms with van der Waals surface area (Å²) < 4.78 is 4.93. The molecule has 1 fully saturated rings. The van der Waals surface area contributed by atoms with Crippen molar-refractivity contribution in [2.75, 3.05) is 11.5 Å². The third-order valence-electron chi connectivity index (χ3n) is 1.91. The Morgan fingerprint density at radius 1 is 1.67 bits per heavy atom. The fraction of sp³-hybridized carbons (Fsp3) is 0.714. The third-order valence-corrected chi connectivity index (χ3v) is 3.31. The summed E-state index contributed by atoms with van der Waals surface area (Å²) in [5.74, 6) is 2.17. The highest BCUT2D eigenvalue weighted by molar-refractivity contribution is 8.00. The molecule has 0 amide bonds. The highest BCUT2D eigenvalue weighted by atomic mass is 32.2. The van der Waals surface area contributed by atoms with Gasteiger partial charge in [-0.2, -0.15) is 16.7 Å². The van der Waals surface area contributed by atoms with E-state index in [0.29, 0.717) is 11.1 Å². The first-order valence-electron chi connectivity index (χ1n) is 4.04. The Morgan fingerprint density at radius 2 is 2.58 bits per heavy atom. The number of hydrogen-bond acceptors (Lipinski definition) is 5. The molecular weight excluding hydrogens is 174 g/mol. The first-order valence-corrected chi connectivity index (χ1v) is 5.09. The molecule has 2 N–H and O–H groups in total. The summed E-state index contributed by atoms with van der Waals surface area (Å²) in [5, 5.41) is 4.20. The van der Waals surface area contributed by atoms with Gasteiger partial charge in [0.25, 0.3) is 5.95 Å². The highest BCUT2D eigenvalue weighted by Crippen LogP contribution is 2.28. The number of nitrogen functional groups attached to an aromatic ring is 1. The molecule has 0 spiro atoms. The van der Waals surface area contributed by atoms with Crippen LogP contribution in [0.2, 0.25) is 0 Å². The van der Waals surface area contributed by atoms with Gasteiger partial charge in [-0.05, 0) is 23.8 Å². The standard InChI is InChI=1S/C7H11N3OS/c8-7-9-6(11-10-7)4-5-2-1-3-12-5/h5H,1-4H2,(H2,8,10). The number of nitrogens with two attached hydrogens (primary N) is 1. The van der Waals surface area contributed by atoms with Gasteiger partial charge in [0.15, 0.2) is 0 Å². The zero-order chi connectivity index (χ0) is 8.39. The van der Waals surface area contributed by atoms with Gasteiger partial charge >= 0.3 is 0 Å². The van der Waals surface area contributed by atoms with Gasteiger partial charge in [-0.15, -0.1) is 0 Å². The minimum Gasteiger partial charge on any atom is -0.365 e. The monoisotopic (exact) mass is 185 g/mol. The van der Waals surface area contributed by atoms with E-state index in [9.17, 15) is 0 Å². The van der Waals surface area contributed by atoms with E-state index in [2.05, 4.69) is 10.1 Å². The van der Waals surface area contributed by atoms with Crippen molar-refractivity contribution in [1.82, 2.24) is 10.1 Å². The Hall–Kier alpha value is -0.710. The first-order chi connectivity index (χ1) is 5.84. The zero-order valence-corrected chi connectivity index (χ0v) is 7.51. The maximum atomic E-state index is 5.33. The summed E-state index contributed by atoms with van der Waals surface area (Å²) in [7, 11) is 0. The van der Waals surface area contributed by atoms with Gasteiger partial charge in [0.1, 0.15) is 0 Å². The second-order valence-electron chi connectivity index (χ2n) is 2.89. The SMILES string of the molecule is Nc1noc(CC2CCCS2)n1. The molecule has 1 saturated heterocycles. The summed E-state index contributed by atoms with van der Waals surface area (Å²) in [6, 6.07) is 0. The molecular formula is C7H11N3OS. The van der Waals surface area contributed by atoms with Crippen molar-refractivity contribution in [2.45, 2.75) is 24.5 Å². The van der Waals surface area contributed by atoms with Gasteiger partial charge in [0.2, 0.25) is 5.89 Å². The fourth-order valence-corrected chi connectivity index (χ4v) is 2.61. The van der Waals surface area contributed by atoms with Crippen LogP contribution in [0, 0.1) is 0 Å². The second kappa shape index (κ2) is 3.35. The number of anilines is 1. The molecule has 1 atom stereocenters. The number of thioether (sulfide) groups is 1. The van der Waals surface area contributed by atoms with Crippen molar-refractivity contribution in [3.8, 4) is 0 Å². The molecule has 1 aromatic heterocycles. The summed E-state index contributed by atoms with van der Waals surface area (Å²) in [5.41, 5.74) is 5.33. The lowest BCUT2D eigenvalue weighted by molar-refractivity contribution is 0.377. The van der Waals surface area contributed by atoms with Crippen molar-refractivity contribution in [2.24, 2.45) is 0 Å². The minimum absolute atomic E-state index is 0.244. The second-order valence-corrected chi connectivity index (χ2v) is 4.29. The van der Waals surface area contributed by atoms with Crippen LogP contribution >= 0.6 is 11.8 Å². The van der Waals surface area contributed by atoms with E-state index in [0.717, 1.165) is 6.42 Å². The van der Waals surface area contributed by atoms with E-state index in [1.54, 1.807) is 0 Å². The molecule has 2 rings (SSSR count). The minimum atomic E-state index is 0.244. The van der Waals surface area contributed by atoms with Crippen LogP contribution in [-0.4, -0.2) is 21.1 Å². The number of hydrogen-bond donors (Lipinski definition) is 1. The van der Waals surface area contributed by atoms with E-state index in [1.807, 2.05) is 11.8 Å². The molecule has 5 heteroatoms. The van der Waals surface area contributed by atoms with Crippen LogP contribution in [0.5, 0.6) is 0 Å². The Kier molecular flexibility index (Phi) is 2.21. The smallest absolute Gasteiger partial charge is 0.260 e. The first kappa shape index (κ1) is 7.91. The third kappa shape index (κ3) is 1.72. The molecule has 1 aliphatic rings. The number of nitrogens with zero attached hydrogens (tertiary/aromatic N) is 2. The van der Waals surface area contributed by atoms with Crippen molar-refractivity contribution < 1.29 is 4.52 Å². The van der Waals surface area contributed by atoms with Crippen molar-refractivity contribution in [1.29, 1.82) is 0 Å². The maximum Gasteiger partial charge on any atom is 0.260 e. The van der Waals surface area contributed by atoms with Gasteiger partial charge in [-0.3, -0.25) is 0 Å². The fourth-order valence-electron chi connectivity index (χ4n) is 1.35. The quantitative estimate of drug-likeness (QED) is 0.747. The predicted molar refractivity (Wildman–Crippen MR) is 47.9 cm³/mol. The van der Waals surface area contributed by atoms with E-state index in [-0.39, 0.29) is 5.95 Å². The Morgan fingerprint density at radius 3 is 3.17 bits per heavy atom. The molecule has 0 bridgehead atoms.